The van der Waals surface area contributed by atoms with E-state index in [1.54, 1.807) is 25.1 Å². The molecular weight excluding hydrogens is 374 g/mol. The van der Waals surface area contributed by atoms with E-state index in [2.05, 4.69) is 19.7 Å². The molecule has 1 saturated heterocycles. The first kappa shape index (κ1) is 17.8. The van der Waals surface area contributed by atoms with Gasteiger partial charge >= 0.3 is 0 Å². The zero-order valence-corrected chi connectivity index (χ0v) is 15.0. The summed E-state index contributed by atoms with van der Waals surface area (Å²) in [6.45, 7) is 1.64. The van der Waals surface area contributed by atoms with Crippen LogP contribution in [0.2, 0.25) is 0 Å². The lowest BCUT2D eigenvalue weighted by atomic mass is 10.1. The molecule has 2 aromatic heterocycles. The molecule has 1 aromatic carbocycles. The van der Waals surface area contributed by atoms with Gasteiger partial charge in [-0.05, 0) is 19.1 Å². The van der Waals surface area contributed by atoms with Gasteiger partial charge in [-0.1, -0.05) is 18.2 Å². The van der Waals surface area contributed by atoms with Crippen molar-refractivity contribution in [2.24, 2.45) is 0 Å². The number of benzene rings is 1. The highest BCUT2D eigenvalue weighted by Gasteiger charge is 2.42. The molecule has 3 aromatic rings. The van der Waals surface area contributed by atoms with Gasteiger partial charge in [-0.25, -0.2) is 23.4 Å². The van der Waals surface area contributed by atoms with Gasteiger partial charge in [0.2, 0.25) is 0 Å². The highest BCUT2D eigenvalue weighted by molar-refractivity contribution is 7.92. The maximum atomic E-state index is 12.5. The summed E-state index contributed by atoms with van der Waals surface area (Å²) in [6.07, 6.45) is -1.14. The molecule has 4 rings (SSSR count). The largest absolute Gasteiger partial charge is 0.388 e. The summed E-state index contributed by atoms with van der Waals surface area (Å²) in [5.74, 6) is 0.00341. The Morgan fingerprint density at radius 3 is 2.52 bits per heavy atom. The van der Waals surface area contributed by atoms with Crippen LogP contribution < -0.4 is 4.72 Å². The van der Waals surface area contributed by atoms with Crippen LogP contribution in [0.4, 0.5) is 5.82 Å². The van der Waals surface area contributed by atoms with E-state index in [0.29, 0.717) is 0 Å². The van der Waals surface area contributed by atoms with E-state index in [9.17, 15) is 18.6 Å². The maximum Gasteiger partial charge on any atom is 0.263 e. The minimum atomic E-state index is -3.85. The number of aliphatic hydroxyl groups excluding tert-OH is 2. The highest BCUT2D eigenvalue weighted by Crippen LogP contribution is 2.32. The standard InChI is InChI=1S/C16H17N5O5S/c1-9-12(22)13(23)16(26-9)21-8-19-11-14(17-7-18-15(11)21)20-27(24,25)10-5-3-2-4-6-10/h2-9,12-13,16,22-23H,1H3,(H,17,18,20)/t9-,12-,13-,16-/m1/s1. The predicted octanol–water partition coefficient (Wildman–Crippen LogP) is 0.266. The summed E-state index contributed by atoms with van der Waals surface area (Å²) in [5, 5.41) is 20.1. The smallest absolute Gasteiger partial charge is 0.263 e. The van der Waals surface area contributed by atoms with Gasteiger partial charge in [0.1, 0.15) is 18.5 Å². The SMILES string of the molecule is C[C@H]1O[C@@H](n2cnc3c(NS(=O)(=O)c4ccccc4)ncnc32)[C@H](O)[C@@H]1O. The van der Waals surface area contributed by atoms with Crippen LogP contribution in [0.25, 0.3) is 11.2 Å². The Morgan fingerprint density at radius 2 is 1.85 bits per heavy atom. The molecule has 0 bridgehead atoms. The van der Waals surface area contributed by atoms with Crippen LogP contribution >= 0.6 is 0 Å². The Hall–Kier alpha value is -2.60. The van der Waals surface area contributed by atoms with Crippen LogP contribution in [-0.4, -0.2) is 56.5 Å². The molecule has 0 radical (unpaired) electrons. The van der Waals surface area contributed by atoms with Crippen LogP contribution in [0.3, 0.4) is 0 Å². The summed E-state index contributed by atoms with van der Waals surface area (Å²) >= 11 is 0. The fourth-order valence-corrected chi connectivity index (χ4v) is 3.99. The zero-order valence-electron chi connectivity index (χ0n) is 14.2. The van der Waals surface area contributed by atoms with Gasteiger partial charge < -0.3 is 14.9 Å². The van der Waals surface area contributed by atoms with Crippen molar-refractivity contribution >= 4 is 27.0 Å². The Bertz CT molecular complexity index is 1070. The van der Waals surface area contributed by atoms with Crippen molar-refractivity contribution in [3.05, 3.63) is 43.0 Å². The maximum absolute atomic E-state index is 12.5. The first-order chi connectivity index (χ1) is 12.9. The number of hydrogen-bond acceptors (Lipinski definition) is 8. The second kappa shape index (κ2) is 6.53. The minimum Gasteiger partial charge on any atom is -0.388 e. The molecule has 3 heterocycles. The number of nitrogens with one attached hydrogen (secondary N) is 1. The fraction of sp³-hybridized carbons (Fsp3) is 0.312. The molecule has 0 aliphatic carbocycles. The number of sulfonamides is 1. The number of nitrogens with zero attached hydrogens (tertiary/aromatic N) is 4. The molecule has 11 heteroatoms. The average Bonchev–Trinajstić information content (AvgIpc) is 3.19. The monoisotopic (exact) mass is 391 g/mol. The van der Waals surface area contributed by atoms with Gasteiger partial charge in [-0.15, -0.1) is 0 Å². The third-order valence-corrected chi connectivity index (χ3v) is 5.75. The molecule has 142 valence electrons. The van der Waals surface area contributed by atoms with Gasteiger partial charge in [-0.3, -0.25) is 9.29 Å². The number of aliphatic hydroxyl groups is 2. The second-order valence-corrected chi connectivity index (χ2v) is 7.86. The number of hydrogen-bond donors (Lipinski definition) is 3. The lowest BCUT2D eigenvalue weighted by Gasteiger charge is -2.16. The highest BCUT2D eigenvalue weighted by atomic mass is 32.2. The Kier molecular flexibility index (Phi) is 4.30. The van der Waals surface area contributed by atoms with E-state index >= 15 is 0 Å². The van der Waals surface area contributed by atoms with Crippen molar-refractivity contribution < 1.29 is 23.4 Å². The number of ether oxygens (including phenoxy) is 1. The van der Waals surface area contributed by atoms with Crippen molar-refractivity contribution in [2.45, 2.75) is 36.4 Å². The molecule has 0 amide bonds. The molecule has 3 N–H and O–H groups in total. The van der Waals surface area contributed by atoms with E-state index in [4.69, 9.17) is 4.74 Å². The number of rotatable bonds is 4. The first-order valence-electron chi connectivity index (χ1n) is 8.15. The van der Waals surface area contributed by atoms with E-state index in [1.807, 2.05) is 0 Å². The van der Waals surface area contributed by atoms with Crippen molar-refractivity contribution in [3.63, 3.8) is 0 Å². The van der Waals surface area contributed by atoms with Crippen molar-refractivity contribution in [1.29, 1.82) is 0 Å². The van der Waals surface area contributed by atoms with Gasteiger partial charge in [-0.2, -0.15) is 0 Å². The molecule has 0 saturated carbocycles. The third-order valence-electron chi connectivity index (χ3n) is 4.39. The van der Waals surface area contributed by atoms with Crippen LogP contribution in [0, 0.1) is 0 Å². The fourth-order valence-electron chi connectivity index (χ4n) is 2.96. The summed E-state index contributed by atoms with van der Waals surface area (Å²) in [4.78, 5) is 12.3. The molecule has 0 unspecified atom stereocenters. The Morgan fingerprint density at radius 1 is 1.11 bits per heavy atom. The van der Waals surface area contributed by atoms with Crippen LogP contribution in [0.15, 0.2) is 47.9 Å². The third kappa shape index (κ3) is 3.04. The van der Waals surface area contributed by atoms with E-state index in [-0.39, 0.29) is 21.9 Å². The first-order valence-corrected chi connectivity index (χ1v) is 9.64. The predicted molar refractivity (Wildman–Crippen MR) is 94.2 cm³/mol. The Labute approximate surface area is 154 Å². The van der Waals surface area contributed by atoms with E-state index < -0.39 is 34.6 Å². The van der Waals surface area contributed by atoms with Crippen LogP contribution in [0.5, 0.6) is 0 Å². The number of anilines is 1. The van der Waals surface area contributed by atoms with E-state index in [0.717, 1.165) is 0 Å². The van der Waals surface area contributed by atoms with Gasteiger partial charge in [0.25, 0.3) is 10.0 Å². The number of imidazole rings is 1. The molecule has 4 atom stereocenters. The molecule has 1 aliphatic rings. The van der Waals surface area contributed by atoms with Gasteiger partial charge in [0.05, 0.1) is 17.3 Å². The average molecular weight is 391 g/mol. The molecular formula is C16H17N5O5S. The molecule has 1 fully saturated rings. The quantitative estimate of drug-likeness (QED) is 0.576. The topological polar surface area (TPSA) is 139 Å². The molecule has 0 spiro atoms. The number of aromatic nitrogens is 4. The normalized spacial score (nSPS) is 25.7. The van der Waals surface area contributed by atoms with E-state index in [1.165, 1.54) is 29.4 Å². The van der Waals surface area contributed by atoms with Crippen molar-refractivity contribution in [3.8, 4) is 0 Å². The Balaban J connectivity index is 1.72. The molecule has 1 aliphatic heterocycles. The molecule has 10 nitrogen and oxygen atoms in total. The summed E-state index contributed by atoms with van der Waals surface area (Å²) in [6, 6.07) is 7.87. The van der Waals surface area contributed by atoms with Gasteiger partial charge in [0, 0.05) is 0 Å². The molecule has 27 heavy (non-hydrogen) atoms. The lowest BCUT2D eigenvalue weighted by molar-refractivity contribution is -0.0299. The zero-order chi connectivity index (χ0) is 19.2. The summed E-state index contributed by atoms with van der Waals surface area (Å²) in [7, 11) is -3.85. The second-order valence-electron chi connectivity index (χ2n) is 6.18. The van der Waals surface area contributed by atoms with Gasteiger partial charge in [0.15, 0.2) is 23.2 Å². The summed E-state index contributed by atoms with van der Waals surface area (Å²) in [5.41, 5.74) is 0.461. The number of fused-ring (bicyclic) bond motifs is 1. The van der Waals surface area contributed by atoms with Crippen LogP contribution in [0.1, 0.15) is 13.2 Å². The van der Waals surface area contributed by atoms with Crippen LogP contribution in [-0.2, 0) is 14.8 Å². The van der Waals surface area contributed by atoms with Crippen molar-refractivity contribution in [2.75, 3.05) is 4.72 Å². The van der Waals surface area contributed by atoms with Crippen molar-refractivity contribution in [1.82, 2.24) is 19.5 Å². The lowest BCUT2D eigenvalue weighted by Crippen LogP contribution is -2.30. The minimum absolute atomic E-state index is 0.00341. The summed E-state index contributed by atoms with van der Waals surface area (Å²) < 4.78 is 34.5.